The van der Waals surface area contributed by atoms with E-state index < -0.39 is 0 Å². The molecule has 0 unspecified atom stereocenters. The number of hydrogen-bond acceptors (Lipinski definition) is 1. The third-order valence-electron chi connectivity index (χ3n) is 9.40. The number of hydrogen-bond donors (Lipinski definition) is 0. The number of anilines is 3. The van der Waals surface area contributed by atoms with Crippen molar-refractivity contribution in [3.63, 3.8) is 0 Å². The van der Waals surface area contributed by atoms with Crippen molar-refractivity contribution in [2.24, 2.45) is 0 Å². The van der Waals surface area contributed by atoms with E-state index >= 15 is 0 Å². The zero-order valence-electron chi connectivity index (χ0n) is 24.1. The van der Waals surface area contributed by atoms with Gasteiger partial charge in [0.2, 0.25) is 0 Å². The number of benzene rings is 7. The quantitative estimate of drug-likeness (QED) is 0.179. The monoisotopic (exact) mass is 615 g/mol. The summed E-state index contributed by atoms with van der Waals surface area (Å²) in [7, 11) is 0. The molecule has 43 heavy (non-hydrogen) atoms. The summed E-state index contributed by atoms with van der Waals surface area (Å²) in [5, 5.41) is 8.07. The minimum absolute atomic E-state index is 0.0502. The van der Waals surface area contributed by atoms with E-state index in [-0.39, 0.29) is 5.41 Å². The molecule has 1 aromatic heterocycles. The van der Waals surface area contributed by atoms with E-state index in [4.69, 9.17) is 0 Å². The Labute approximate surface area is 257 Å². The molecule has 1 heterocycles. The first-order valence-corrected chi connectivity index (χ1v) is 16.6. The molecule has 7 aromatic carbocycles. The first-order chi connectivity index (χ1) is 21.1. The predicted molar refractivity (Wildman–Crippen MR) is 186 cm³/mol. The SMILES string of the molecule is CC1(C)c2ccc(N(c3ccccc3)c3ccc4ccc5c6ccccc6[se]c5c4c3)cc2-c2cc3ccccc3cc21. The molecule has 1 aliphatic rings. The first-order valence-electron chi connectivity index (χ1n) is 14.9. The molecule has 0 aliphatic heterocycles. The van der Waals surface area contributed by atoms with Crippen LogP contribution in [-0.4, -0.2) is 14.5 Å². The second-order valence-electron chi connectivity index (χ2n) is 12.2. The van der Waals surface area contributed by atoms with Crippen molar-refractivity contribution in [1.82, 2.24) is 0 Å². The third kappa shape index (κ3) is 3.70. The second kappa shape index (κ2) is 9.19. The van der Waals surface area contributed by atoms with Crippen molar-refractivity contribution < 1.29 is 0 Å². The Hall–Kier alpha value is -4.62. The standard InChI is InChI=1S/C41H29NSe/c1-41(2)37-21-19-31(25-36(37)35-22-27-10-6-7-11-28(27)23-38(35)41)42(29-12-4-3-5-13-29)30-18-16-26-17-20-33-32-14-8-9-15-39(32)43-40(33)34(26)24-30/h3-25H,1-2H3. The molecular formula is C41H29NSe. The topological polar surface area (TPSA) is 3.24 Å². The fraction of sp³-hybridized carbons (Fsp3) is 0.0732. The molecule has 0 atom stereocenters. The number of para-hydroxylation sites is 1. The van der Waals surface area contributed by atoms with E-state index in [2.05, 4.69) is 158 Å². The molecule has 204 valence electrons. The van der Waals surface area contributed by atoms with Gasteiger partial charge in [0.1, 0.15) is 0 Å². The Morgan fingerprint density at radius 1 is 0.465 bits per heavy atom. The molecule has 2 heteroatoms. The first kappa shape index (κ1) is 24.9. The zero-order valence-corrected chi connectivity index (χ0v) is 25.8. The Kier molecular flexibility index (Phi) is 5.33. The summed E-state index contributed by atoms with van der Waals surface area (Å²) in [6.45, 7) is 4.73. The van der Waals surface area contributed by atoms with Crippen molar-refractivity contribution in [3.05, 3.63) is 151 Å². The normalized spacial score (nSPS) is 13.5. The van der Waals surface area contributed by atoms with E-state index in [1.807, 2.05) is 0 Å². The molecule has 0 fully saturated rings. The fourth-order valence-corrected chi connectivity index (χ4v) is 9.80. The van der Waals surface area contributed by atoms with Crippen LogP contribution in [0.5, 0.6) is 0 Å². The summed E-state index contributed by atoms with van der Waals surface area (Å²) in [5.74, 6) is 0. The molecule has 0 N–H and O–H groups in total. The van der Waals surface area contributed by atoms with Crippen LogP contribution in [0.15, 0.2) is 140 Å². The van der Waals surface area contributed by atoms with Crippen molar-refractivity contribution in [1.29, 1.82) is 0 Å². The summed E-state index contributed by atoms with van der Waals surface area (Å²) in [6, 6.07) is 52.0. The molecule has 0 radical (unpaired) electrons. The molecule has 9 rings (SSSR count). The van der Waals surface area contributed by atoms with Gasteiger partial charge in [0.05, 0.1) is 0 Å². The average molecular weight is 615 g/mol. The van der Waals surface area contributed by atoms with Gasteiger partial charge >= 0.3 is 240 Å². The van der Waals surface area contributed by atoms with Crippen LogP contribution in [0.1, 0.15) is 25.0 Å². The molecule has 1 nitrogen and oxygen atoms in total. The van der Waals surface area contributed by atoms with Gasteiger partial charge in [-0.25, -0.2) is 0 Å². The Morgan fingerprint density at radius 2 is 1.14 bits per heavy atom. The maximum atomic E-state index is 2.43. The second-order valence-corrected chi connectivity index (χ2v) is 14.4. The molecule has 0 spiro atoms. The van der Waals surface area contributed by atoms with Gasteiger partial charge in [0.15, 0.2) is 0 Å². The number of rotatable bonds is 3. The Morgan fingerprint density at radius 3 is 2.00 bits per heavy atom. The summed E-state index contributed by atoms with van der Waals surface area (Å²) >= 11 is 0.299. The third-order valence-corrected chi connectivity index (χ3v) is 12.0. The molecule has 8 aromatic rings. The Balaban J connectivity index is 1.27. The van der Waals surface area contributed by atoms with Gasteiger partial charge in [-0.05, 0) is 0 Å². The summed E-state index contributed by atoms with van der Waals surface area (Å²) in [6.07, 6.45) is 0. The molecule has 0 amide bonds. The van der Waals surface area contributed by atoms with Gasteiger partial charge in [-0.15, -0.1) is 0 Å². The van der Waals surface area contributed by atoms with Crippen LogP contribution >= 0.6 is 0 Å². The molecule has 1 aliphatic carbocycles. The van der Waals surface area contributed by atoms with E-state index in [0.717, 1.165) is 0 Å². The molecule has 0 saturated carbocycles. The minimum atomic E-state index is -0.0502. The predicted octanol–water partition coefficient (Wildman–Crippen LogP) is 11.1. The van der Waals surface area contributed by atoms with E-state index in [1.54, 1.807) is 0 Å². The molecule has 0 saturated heterocycles. The van der Waals surface area contributed by atoms with Crippen LogP contribution in [0.2, 0.25) is 0 Å². The van der Waals surface area contributed by atoms with E-state index in [9.17, 15) is 0 Å². The van der Waals surface area contributed by atoms with Crippen molar-refractivity contribution in [2.45, 2.75) is 19.3 Å². The molecule has 0 bridgehead atoms. The Bertz CT molecular complexity index is 2380. The summed E-state index contributed by atoms with van der Waals surface area (Å²) in [5.41, 5.74) is 8.98. The van der Waals surface area contributed by atoms with Crippen LogP contribution < -0.4 is 4.90 Å². The van der Waals surface area contributed by atoms with Crippen LogP contribution in [0.25, 0.3) is 52.0 Å². The maximum absolute atomic E-state index is 2.43. The number of nitrogens with zero attached hydrogens (tertiary/aromatic N) is 1. The van der Waals surface area contributed by atoms with E-state index in [1.165, 1.54) is 80.2 Å². The summed E-state index contributed by atoms with van der Waals surface area (Å²) < 4.78 is 2.98. The average Bonchev–Trinajstić information content (AvgIpc) is 3.53. The van der Waals surface area contributed by atoms with E-state index in [0.29, 0.717) is 14.5 Å². The van der Waals surface area contributed by atoms with Gasteiger partial charge in [-0.3, -0.25) is 0 Å². The van der Waals surface area contributed by atoms with Crippen LogP contribution in [-0.2, 0) is 5.41 Å². The molecular weight excluding hydrogens is 585 g/mol. The zero-order chi connectivity index (χ0) is 28.7. The van der Waals surface area contributed by atoms with Crippen molar-refractivity contribution in [2.75, 3.05) is 4.90 Å². The van der Waals surface area contributed by atoms with Gasteiger partial charge in [0.25, 0.3) is 0 Å². The fourth-order valence-electron chi connectivity index (χ4n) is 7.22. The van der Waals surface area contributed by atoms with Crippen LogP contribution in [0.4, 0.5) is 17.1 Å². The van der Waals surface area contributed by atoms with Gasteiger partial charge in [0, 0.05) is 0 Å². The van der Waals surface area contributed by atoms with Crippen LogP contribution in [0, 0.1) is 0 Å². The number of fused-ring (bicyclic) bond motifs is 9. The van der Waals surface area contributed by atoms with Crippen molar-refractivity contribution in [3.8, 4) is 11.1 Å². The van der Waals surface area contributed by atoms with Gasteiger partial charge in [-0.2, -0.15) is 0 Å². The van der Waals surface area contributed by atoms with Crippen LogP contribution in [0.3, 0.4) is 0 Å². The van der Waals surface area contributed by atoms with Gasteiger partial charge < -0.3 is 0 Å². The van der Waals surface area contributed by atoms with Gasteiger partial charge in [-0.1, -0.05) is 18.2 Å². The summed E-state index contributed by atoms with van der Waals surface area (Å²) in [4.78, 5) is 2.43. The van der Waals surface area contributed by atoms with Crippen molar-refractivity contribution >= 4 is 72.4 Å².